The third-order valence-corrected chi connectivity index (χ3v) is 4.12. The molecule has 0 spiro atoms. The van der Waals surface area contributed by atoms with Gasteiger partial charge in [-0.25, -0.2) is 0 Å². The Morgan fingerprint density at radius 1 is 1.53 bits per heavy atom. The van der Waals surface area contributed by atoms with Crippen LogP contribution in [-0.4, -0.2) is 42.2 Å². The van der Waals surface area contributed by atoms with E-state index in [1.165, 1.54) is 0 Å². The third-order valence-electron chi connectivity index (χ3n) is 2.89. The van der Waals surface area contributed by atoms with Gasteiger partial charge in [-0.2, -0.15) is 0 Å². The van der Waals surface area contributed by atoms with Crippen molar-refractivity contribution in [1.82, 2.24) is 10.2 Å². The number of hydrogen-bond acceptors (Lipinski definition) is 4. The molecule has 2 heterocycles. The highest BCUT2D eigenvalue weighted by Gasteiger charge is 2.23. The lowest BCUT2D eigenvalue weighted by Gasteiger charge is -2.29. The summed E-state index contributed by atoms with van der Waals surface area (Å²) in [4.78, 5) is 15.2. The maximum absolute atomic E-state index is 12.2. The Balaban J connectivity index is 1.93. The molecule has 0 aliphatic carbocycles. The topological polar surface area (TPSA) is 45.5 Å². The summed E-state index contributed by atoms with van der Waals surface area (Å²) in [6, 6.07) is 1.92. The van der Waals surface area contributed by atoms with Crippen LogP contribution in [0.5, 0.6) is 0 Å². The normalized spacial score (nSPS) is 18.1. The monoisotopic (exact) mass is 254 g/mol. The standard InChI is InChI=1S/C12H18N2O2S/c1-9-11(3-8-16-9)17-10(2)12(15)14-6-4-13-5-7-14/h3,8,10,13H,4-7H2,1-2H3. The Kier molecular flexibility index (Phi) is 4.12. The molecule has 0 bridgehead atoms. The van der Waals surface area contributed by atoms with E-state index in [1.54, 1.807) is 18.0 Å². The van der Waals surface area contributed by atoms with Crippen molar-refractivity contribution in [3.63, 3.8) is 0 Å². The molecule has 5 heteroatoms. The summed E-state index contributed by atoms with van der Waals surface area (Å²) in [5.74, 6) is 1.10. The summed E-state index contributed by atoms with van der Waals surface area (Å²) in [6.07, 6.45) is 1.67. The summed E-state index contributed by atoms with van der Waals surface area (Å²) >= 11 is 1.57. The minimum atomic E-state index is -0.0515. The van der Waals surface area contributed by atoms with Crippen molar-refractivity contribution < 1.29 is 9.21 Å². The summed E-state index contributed by atoms with van der Waals surface area (Å²) in [5, 5.41) is 3.20. The number of furan rings is 1. The van der Waals surface area contributed by atoms with Crippen molar-refractivity contribution >= 4 is 17.7 Å². The number of thioether (sulfide) groups is 1. The van der Waals surface area contributed by atoms with Gasteiger partial charge < -0.3 is 14.6 Å². The first kappa shape index (κ1) is 12.5. The highest BCUT2D eigenvalue weighted by atomic mass is 32.2. The van der Waals surface area contributed by atoms with E-state index in [9.17, 15) is 4.79 Å². The van der Waals surface area contributed by atoms with Gasteiger partial charge in [-0.3, -0.25) is 4.79 Å². The number of nitrogens with one attached hydrogen (secondary N) is 1. The molecule has 1 aromatic rings. The van der Waals surface area contributed by atoms with Crippen LogP contribution >= 0.6 is 11.8 Å². The lowest BCUT2D eigenvalue weighted by molar-refractivity contribution is -0.130. The van der Waals surface area contributed by atoms with Crippen molar-refractivity contribution in [2.75, 3.05) is 26.2 Å². The Hall–Kier alpha value is -0.940. The van der Waals surface area contributed by atoms with E-state index >= 15 is 0 Å². The molecule has 1 N–H and O–H groups in total. The first-order valence-electron chi connectivity index (χ1n) is 5.88. The number of piperazine rings is 1. The van der Waals surface area contributed by atoms with Crippen molar-refractivity contribution in [3.05, 3.63) is 18.1 Å². The van der Waals surface area contributed by atoms with Crippen molar-refractivity contribution in [2.24, 2.45) is 0 Å². The highest BCUT2D eigenvalue weighted by molar-refractivity contribution is 8.00. The Labute approximate surface area is 106 Å². The predicted octanol–water partition coefficient (Wildman–Crippen LogP) is 1.50. The summed E-state index contributed by atoms with van der Waals surface area (Å²) in [6.45, 7) is 7.30. The first-order valence-corrected chi connectivity index (χ1v) is 6.76. The van der Waals surface area contributed by atoms with Gasteiger partial charge in [0.1, 0.15) is 5.76 Å². The summed E-state index contributed by atoms with van der Waals surface area (Å²) in [7, 11) is 0. The van der Waals surface area contributed by atoms with E-state index in [0.29, 0.717) is 0 Å². The van der Waals surface area contributed by atoms with Crippen LogP contribution in [0.3, 0.4) is 0 Å². The Morgan fingerprint density at radius 3 is 2.82 bits per heavy atom. The molecule has 1 aromatic heterocycles. The molecular formula is C12H18N2O2S. The minimum Gasteiger partial charge on any atom is -0.468 e. The van der Waals surface area contributed by atoms with Crippen LogP contribution in [0.4, 0.5) is 0 Å². The molecule has 1 amide bonds. The van der Waals surface area contributed by atoms with Crippen molar-refractivity contribution in [2.45, 2.75) is 24.0 Å². The highest BCUT2D eigenvalue weighted by Crippen LogP contribution is 2.28. The molecule has 1 fully saturated rings. The van der Waals surface area contributed by atoms with Gasteiger partial charge in [0.2, 0.25) is 5.91 Å². The maximum atomic E-state index is 12.2. The SMILES string of the molecule is Cc1occc1SC(C)C(=O)N1CCNCC1. The number of nitrogens with zero attached hydrogens (tertiary/aromatic N) is 1. The zero-order valence-corrected chi connectivity index (χ0v) is 11.0. The molecule has 1 aliphatic rings. The van der Waals surface area contributed by atoms with Gasteiger partial charge in [0.15, 0.2) is 0 Å². The van der Waals surface area contributed by atoms with Gasteiger partial charge in [-0.1, -0.05) is 0 Å². The van der Waals surface area contributed by atoms with Crippen LogP contribution < -0.4 is 5.32 Å². The number of carbonyl (C=O) groups is 1. The zero-order chi connectivity index (χ0) is 12.3. The van der Waals surface area contributed by atoms with Gasteiger partial charge >= 0.3 is 0 Å². The molecule has 0 saturated carbocycles. The molecule has 0 aromatic carbocycles. The number of aryl methyl sites for hydroxylation is 1. The number of hydrogen-bond donors (Lipinski definition) is 1. The van der Waals surface area contributed by atoms with E-state index < -0.39 is 0 Å². The maximum Gasteiger partial charge on any atom is 0.235 e. The van der Waals surface area contributed by atoms with Crippen LogP contribution in [-0.2, 0) is 4.79 Å². The van der Waals surface area contributed by atoms with E-state index in [0.717, 1.165) is 36.8 Å². The number of carbonyl (C=O) groups excluding carboxylic acids is 1. The molecule has 4 nitrogen and oxygen atoms in total. The molecular weight excluding hydrogens is 236 g/mol. The second-order valence-corrected chi connectivity index (χ2v) is 5.56. The van der Waals surface area contributed by atoms with Crippen LogP contribution in [0, 0.1) is 6.92 Å². The van der Waals surface area contributed by atoms with E-state index in [-0.39, 0.29) is 11.2 Å². The fraction of sp³-hybridized carbons (Fsp3) is 0.583. The predicted molar refractivity (Wildman–Crippen MR) is 68.2 cm³/mol. The second kappa shape index (κ2) is 5.60. The van der Waals surface area contributed by atoms with Crippen molar-refractivity contribution in [3.8, 4) is 0 Å². The minimum absolute atomic E-state index is 0.0515. The molecule has 2 rings (SSSR count). The smallest absolute Gasteiger partial charge is 0.235 e. The van der Waals surface area contributed by atoms with Crippen molar-refractivity contribution in [1.29, 1.82) is 0 Å². The molecule has 1 unspecified atom stereocenters. The largest absolute Gasteiger partial charge is 0.468 e. The number of rotatable bonds is 3. The van der Waals surface area contributed by atoms with Gasteiger partial charge in [0, 0.05) is 31.1 Å². The molecule has 0 radical (unpaired) electrons. The average molecular weight is 254 g/mol. The van der Waals surface area contributed by atoms with Gasteiger partial charge in [0.05, 0.1) is 11.5 Å². The Morgan fingerprint density at radius 2 is 2.24 bits per heavy atom. The second-order valence-electron chi connectivity index (χ2n) is 4.18. The quantitative estimate of drug-likeness (QED) is 0.830. The van der Waals surface area contributed by atoms with E-state index in [2.05, 4.69) is 5.32 Å². The first-order chi connectivity index (χ1) is 8.18. The van der Waals surface area contributed by atoms with Crippen LogP contribution in [0.2, 0.25) is 0 Å². The average Bonchev–Trinajstić information content (AvgIpc) is 2.75. The fourth-order valence-electron chi connectivity index (χ4n) is 1.88. The van der Waals surface area contributed by atoms with Crippen LogP contribution in [0.25, 0.3) is 0 Å². The lowest BCUT2D eigenvalue weighted by atomic mass is 10.3. The van der Waals surface area contributed by atoms with Gasteiger partial charge in [-0.15, -0.1) is 11.8 Å². The lowest BCUT2D eigenvalue weighted by Crippen LogP contribution is -2.48. The summed E-state index contributed by atoms with van der Waals surface area (Å²) < 4.78 is 5.23. The van der Waals surface area contributed by atoms with Gasteiger partial charge in [-0.05, 0) is 19.9 Å². The number of amides is 1. The van der Waals surface area contributed by atoms with E-state index in [1.807, 2.05) is 24.8 Å². The fourth-order valence-corrected chi connectivity index (χ4v) is 2.86. The summed E-state index contributed by atoms with van der Waals surface area (Å²) in [5.41, 5.74) is 0. The molecule has 1 saturated heterocycles. The van der Waals surface area contributed by atoms with E-state index in [4.69, 9.17) is 4.42 Å². The van der Waals surface area contributed by atoms with Crippen LogP contribution in [0.15, 0.2) is 21.6 Å². The third kappa shape index (κ3) is 3.04. The zero-order valence-electron chi connectivity index (χ0n) is 10.2. The van der Waals surface area contributed by atoms with Crippen LogP contribution in [0.1, 0.15) is 12.7 Å². The van der Waals surface area contributed by atoms with Gasteiger partial charge in [0.25, 0.3) is 0 Å². The molecule has 94 valence electrons. The molecule has 1 aliphatic heterocycles. The molecule has 1 atom stereocenters. The Bertz CT molecular complexity index is 386. The molecule has 17 heavy (non-hydrogen) atoms.